The molecule has 1 fully saturated rings. The molecule has 1 saturated heterocycles. The fraction of sp³-hybridized carbons (Fsp3) is 1.00. The van der Waals surface area contributed by atoms with Crippen LogP contribution in [0.25, 0.3) is 0 Å². The Hall–Kier alpha value is -0.120. The van der Waals surface area contributed by atoms with Gasteiger partial charge in [0.05, 0.1) is 6.61 Å². The summed E-state index contributed by atoms with van der Waals surface area (Å²) in [5, 5.41) is 12.5. The second-order valence-electron chi connectivity index (χ2n) is 4.18. The molecule has 3 unspecified atom stereocenters. The molecule has 0 radical (unpaired) electrons. The van der Waals surface area contributed by atoms with E-state index in [4.69, 9.17) is 5.11 Å². The lowest BCUT2D eigenvalue weighted by Crippen LogP contribution is -2.41. The summed E-state index contributed by atoms with van der Waals surface area (Å²) in [5.41, 5.74) is 0. The third-order valence-corrected chi connectivity index (χ3v) is 3.07. The lowest BCUT2D eigenvalue weighted by Gasteiger charge is -2.19. The van der Waals surface area contributed by atoms with Gasteiger partial charge >= 0.3 is 0 Å². The fourth-order valence-corrected chi connectivity index (χ4v) is 1.95. The molecule has 0 spiro atoms. The van der Waals surface area contributed by atoms with E-state index in [9.17, 15) is 0 Å². The van der Waals surface area contributed by atoms with Gasteiger partial charge < -0.3 is 15.3 Å². The van der Waals surface area contributed by atoms with Crippen molar-refractivity contribution in [3.8, 4) is 0 Å². The Morgan fingerprint density at radius 1 is 1.62 bits per heavy atom. The lowest BCUT2D eigenvalue weighted by atomic mass is 10.1. The molecule has 0 aromatic rings. The van der Waals surface area contributed by atoms with Gasteiger partial charge in [-0.3, -0.25) is 0 Å². The number of aliphatic hydroxyl groups is 1. The summed E-state index contributed by atoms with van der Waals surface area (Å²) in [6, 6.07) is 1.52. The molecular weight excluding hydrogens is 164 g/mol. The highest BCUT2D eigenvalue weighted by molar-refractivity contribution is 4.86. The third kappa shape index (κ3) is 2.93. The van der Waals surface area contributed by atoms with Crippen LogP contribution in [-0.2, 0) is 0 Å². The molecule has 0 amide bonds. The highest BCUT2D eigenvalue weighted by Crippen LogP contribution is 2.15. The van der Waals surface area contributed by atoms with Crippen LogP contribution in [0.2, 0.25) is 0 Å². The Morgan fingerprint density at radius 3 is 2.69 bits per heavy atom. The van der Waals surface area contributed by atoms with Gasteiger partial charge in [-0.25, -0.2) is 0 Å². The van der Waals surface area contributed by atoms with Crippen molar-refractivity contribution in [1.29, 1.82) is 0 Å². The van der Waals surface area contributed by atoms with E-state index in [0.29, 0.717) is 12.1 Å². The quantitative estimate of drug-likeness (QED) is 0.669. The van der Waals surface area contributed by atoms with Crippen LogP contribution in [0.15, 0.2) is 0 Å². The zero-order valence-electron chi connectivity index (χ0n) is 8.95. The fourth-order valence-electron chi connectivity index (χ4n) is 1.95. The normalized spacial score (nSPS) is 32.3. The molecule has 0 aliphatic carbocycles. The Kier molecular flexibility index (Phi) is 4.16. The molecule has 3 nitrogen and oxygen atoms in total. The van der Waals surface area contributed by atoms with E-state index in [2.05, 4.69) is 31.1 Å². The van der Waals surface area contributed by atoms with E-state index in [1.165, 1.54) is 6.42 Å². The minimum Gasteiger partial charge on any atom is -0.395 e. The molecule has 1 aliphatic rings. The van der Waals surface area contributed by atoms with E-state index < -0.39 is 0 Å². The van der Waals surface area contributed by atoms with Crippen molar-refractivity contribution >= 4 is 0 Å². The molecule has 2 N–H and O–H groups in total. The molecule has 3 heteroatoms. The molecule has 1 heterocycles. The van der Waals surface area contributed by atoms with Crippen LogP contribution in [0.4, 0.5) is 0 Å². The SMILES string of the molecule is CCC(CO)NC1CC(C)N(C)C1. The van der Waals surface area contributed by atoms with Crippen molar-refractivity contribution in [2.24, 2.45) is 0 Å². The number of likely N-dealkylation sites (N-methyl/N-ethyl adjacent to an activating group) is 1. The summed E-state index contributed by atoms with van der Waals surface area (Å²) in [7, 11) is 2.16. The van der Waals surface area contributed by atoms with E-state index in [0.717, 1.165) is 13.0 Å². The number of nitrogens with zero attached hydrogens (tertiary/aromatic N) is 1. The number of rotatable bonds is 4. The summed E-state index contributed by atoms with van der Waals surface area (Å²) in [5.74, 6) is 0. The summed E-state index contributed by atoms with van der Waals surface area (Å²) < 4.78 is 0. The van der Waals surface area contributed by atoms with Gasteiger partial charge in [-0.1, -0.05) is 6.92 Å². The first kappa shape index (κ1) is 11.0. The lowest BCUT2D eigenvalue weighted by molar-refractivity contribution is 0.227. The Labute approximate surface area is 81.1 Å². The number of nitrogens with one attached hydrogen (secondary N) is 1. The van der Waals surface area contributed by atoms with Crippen molar-refractivity contribution in [3.63, 3.8) is 0 Å². The number of aliphatic hydroxyl groups excluding tert-OH is 1. The van der Waals surface area contributed by atoms with Gasteiger partial charge in [-0.05, 0) is 26.8 Å². The molecule has 3 atom stereocenters. The zero-order chi connectivity index (χ0) is 9.84. The van der Waals surface area contributed by atoms with Gasteiger partial charge in [-0.15, -0.1) is 0 Å². The molecule has 0 aromatic carbocycles. The van der Waals surface area contributed by atoms with E-state index in [-0.39, 0.29) is 12.6 Å². The van der Waals surface area contributed by atoms with Gasteiger partial charge in [0, 0.05) is 24.7 Å². The Bertz CT molecular complexity index is 138. The summed E-state index contributed by atoms with van der Waals surface area (Å²) >= 11 is 0. The van der Waals surface area contributed by atoms with Gasteiger partial charge in [0.1, 0.15) is 0 Å². The van der Waals surface area contributed by atoms with Crippen LogP contribution in [0, 0.1) is 0 Å². The predicted molar refractivity (Wildman–Crippen MR) is 54.8 cm³/mol. The number of hydrogen-bond acceptors (Lipinski definition) is 3. The highest BCUT2D eigenvalue weighted by atomic mass is 16.3. The molecule has 78 valence electrons. The van der Waals surface area contributed by atoms with Crippen LogP contribution in [0.1, 0.15) is 26.7 Å². The maximum absolute atomic E-state index is 9.04. The average Bonchev–Trinajstić information content (AvgIpc) is 2.42. The van der Waals surface area contributed by atoms with Crippen LogP contribution < -0.4 is 5.32 Å². The van der Waals surface area contributed by atoms with E-state index in [1.54, 1.807) is 0 Å². The summed E-state index contributed by atoms with van der Waals surface area (Å²) in [6.45, 7) is 5.72. The first-order valence-corrected chi connectivity index (χ1v) is 5.24. The number of likely N-dealkylation sites (tertiary alicyclic amines) is 1. The summed E-state index contributed by atoms with van der Waals surface area (Å²) in [6.07, 6.45) is 2.21. The number of hydrogen-bond donors (Lipinski definition) is 2. The average molecular weight is 186 g/mol. The Morgan fingerprint density at radius 2 is 2.31 bits per heavy atom. The molecule has 0 saturated carbocycles. The van der Waals surface area contributed by atoms with Gasteiger partial charge in [0.15, 0.2) is 0 Å². The minimum atomic E-state index is 0.255. The zero-order valence-corrected chi connectivity index (χ0v) is 8.95. The standard InChI is InChI=1S/C10H22N2O/c1-4-9(7-13)11-10-5-8(2)12(3)6-10/h8-11,13H,4-7H2,1-3H3. The van der Waals surface area contributed by atoms with Crippen molar-refractivity contribution in [1.82, 2.24) is 10.2 Å². The largest absolute Gasteiger partial charge is 0.395 e. The van der Waals surface area contributed by atoms with Gasteiger partial charge in [0.25, 0.3) is 0 Å². The summed E-state index contributed by atoms with van der Waals surface area (Å²) in [4.78, 5) is 2.36. The topological polar surface area (TPSA) is 35.5 Å². The van der Waals surface area contributed by atoms with Crippen LogP contribution in [-0.4, -0.2) is 48.3 Å². The predicted octanol–water partition coefficient (Wildman–Crippen LogP) is 0.440. The first-order valence-electron chi connectivity index (χ1n) is 5.24. The Balaban J connectivity index is 2.30. The maximum atomic E-state index is 9.04. The third-order valence-electron chi connectivity index (χ3n) is 3.07. The molecular formula is C10H22N2O. The van der Waals surface area contributed by atoms with Crippen molar-refractivity contribution in [3.05, 3.63) is 0 Å². The minimum absolute atomic E-state index is 0.255. The second-order valence-corrected chi connectivity index (χ2v) is 4.18. The van der Waals surface area contributed by atoms with Crippen molar-refractivity contribution < 1.29 is 5.11 Å². The molecule has 1 aliphatic heterocycles. The van der Waals surface area contributed by atoms with Gasteiger partial charge in [0.2, 0.25) is 0 Å². The maximum Gasteiger partial charge on any atom is 0.0584 e. The monoisotopic (exact) mass is 186 g/mol. The smallest absolute Gasteiger partial charge is 0.0584 e. The van der Waals surface area contributed by atoms with Gasteiger partial charge in [-0.2, -0.15) is 0 Å². The second kappa shape index (κ2) is 4.94. The van der Waals surface area contributed by atoms with Crippen LogP contribution in [0.5, 0.6) is 0 Å². The molecule has 0 aromatic heterocycles. The first-order chi connectivity index (χ1) is 6.17. The molecule has 13 heavy (non-hydrogen) atoms. The van der Waals surface area contributed by atoms with Crippen LogP contribution in [0.3, 0.4) is 0 Å². The van der Waals surface area contributed by atoms with Crippen LogP contribution >= 0.6 is 0 Å². The highest BCUT2D eigenvalue weighted by Gasteiger charge is 2.26. The van der Waals surface area contributed by atoms with E-state index >= 15 is 0 Å². The van der Waals surface area contributed by atoms with Crippen molar-refractivity contribution in [2.75, 3.05) is 20.2 Å². The molecule has 0 bridgehead atoms. The van der Waals surface area contributed by atoms with Crippen molar-refractivity contribution in [2.45, 2.75) is 44.8 Å². The molecule has 1 rings (SSSR count). The van der Waals surface area contributed by atoms with E-state index in [1.807, 2.05) is 0 Å².